The molecule has 0 aromatic carbocycles. The van der Waals surface area contributed by atoms with Gasteiger partial charge >= 0.3 is 0 Å². The third-order valence-electron chi connectivity index (χ3n) is 2.76. The molecule has 72 valence electrons. The van der Waals surface area contributed by atoms with E-state index >= 15 is 0 Å². The van der Waals surface area contributed by atoms with Crippen LogP contribution >= 0.6 is 0 Å². The molecule has 0 saturated carbocycles. The first-order chi connectivity index (χ1) is 5.28. The molecule has 0 rings (SSSR count). The summed E-state index contributed by atoms with van der Waals surface area (Å²) in [7, 11) is 0. The van der Waals surface area contributed by atoms with Gasteiger partial charge in [-0.2, -0.15) is 0 Å². The third-order valence-corrected chi connectivity index (χ3v) is 2.76. The van der Waals surface area contributed by atoms with Crippen molar-refractivity contribution in [2.45, 2.75) is 48.0 Å². The second-order valence-electron chi connectivity index (χ2n) is 4.90. The highest BCUT2D eigenvalue weighted by Gasteiger charge is 2.30. The Morgan fingerprint density at radius 3 is 1.83 bits per heavy atom. The van der Waals surface area contributed by atoms with Crippen molar-refractivity contribution in [2.75, 3.05) is 0 Å². The SMILES string of the molecule is CC(C)CC(=O)C(C)(C)C(C)C. The first kappa shape index (κ1) is 11.7. The van der Waals surface area contributed by atoms with Crippen LogP contribution in [0.2, 0.25) is 0 Å². The van der Waals surface area contributed by atoms with Gasteiger partial charge in [0.25, 0.3) is 0 Å². The Bertz CT molecular complexity index is 154. The van der Waals surface area contributed by atoms with Gasteiger partial charge in [0.15, 0.2) is 0 Å². The Morgan fingerprint density at radius 1 is 1.17 bits per heavy atom. The van der Waals surface area contributed by atoms with Gasteiger partial charge in [-0.25, -0.2) is 0 Å². The van der Waals surface area contributed by atoms with E-state index in [2.05, 4.69) is 27.7 Å². The maximum absolute atomic E-state index is 11.7. The predicted octanol–water partition coefficient (Wildman–Crippen LogP) is 3.28. The first-order valence-corrected chi connectivity index (χ1v) is 4.81. The highest BCUT2D eigenvalue weighted by molar-refractivity contribution is 5.84. The molecule has 0 bridgehead atoms. The molecule has 0 heterocycles. The molecule has 0 saturated heterocycles. The molecular formula is C11H22O. The summed E-state index contributed by atoms with van der Waals surface area (Å²) in [6.45, 7) is 12.5. The summed E-state index contributed by atoms with van der Waals surface area (Å²) in [6.07, 6.45) is 0.713. The van der Waals surface area contributed by atoms with E-state index in [1.807, 2.05) is 13.8 Å². The molecule has 0 N–H and O–H groups in total. The zero-order valence-electron chi connectivity index (χ0n) is 9.27. The second kappa shape index (κ2) is 4.06. The highest BCUT2D eigenvalue weighted by Crippen LogP contribution is 2.29. The van der Waals surface area contributed by atoms with Crippen molar-refractivity contribution in [1.82, 2.24) is 0 Å². The van der Waals surface area contributed by atoms with Gasteiger partial charge < -0.3 is 0 Å². The Morgan fingerprint density at radius 2 is 1.58 bits per heavy atom. The average molecular weight is 170 g/mol. The molecule has 0 atom stereocenters. The van der Waals surface area contributed by atoms with E-state index in [-0.39, 0.29) is 5.41 Å². The van der Waals surface area contributed by atoms with Gasteiger partial charge in [-0.05, 0) is 11.8 Å². The molecule has 12 heavy (non-hydrogen) atoms. The van der Waals surface area contributed by atoms with Crippen molar-refractivity contribution >= 4 is 5.78 Å². The van der Waals surface area contributed by atoms with Crippen molar-refractivity contribution < 1.29 is 4.79 Å². The lowest BCUT2D eigenvalue weighted by atomic mass is 9.75. The summed E-state index contributed by atoms with van der Waals surface area (Å²) in [4.78, 5) is 11.7. The lowest BCUT2D eigenvalue weighted by Crippen LogP contribution is -2.30. The van der Waals surface area contributed by atoms with Gasteiger partial charge in [0.2, 0.25) is 0 Å². The van der Waals surface area contributed by atoms with Crippen LogP contribution < -0.4 is 0 Å². The minimum atomic E-state index is -0.149. The van der Waals surface area contributed by atoms with E-state index in [0.29, 0.717) is 24.0 Å². The lowest BCUT2D eigenvalue weighted by molar-refractivity contribution is -0.129. The van der Waals surface area contributed by atoms with E-state index in [0.717, 1.165) is 0 Å². The number of carbonyl (C=O) groups excluding carboxylic acids is 1. The Hall–Kier alpha value is -0.330. The van der Waals surface area contributed by atoms with Gasteiger partial charge in [0.1, 0.15) is 5.78 Å². The van der Waals surface area contributed by atoms with Crippen LogP contribution in [-0.4, -0.2) is 5.78 Å². The summed E-state index contributed by atoms with van der Waals surface area (Å²) in [6, 6.07) is 0. The summed E-state index contributed by atoms with van der Waals surface area (Å²) < 4.78 is 0. The van der Waals surface area contributed by atoms with E-state index in [9.17, 15) is 4.79 Å². The molecule has 0 aliphatic rings. The Labute approximate surface area is 76.6 Å². The summed E-state index contributed by atoms with van der Waals surface area (Å²) in [5, 5.41) is 0. The fraction of sp³-hybridized carbons (Fsp3) is 0.909. The quantitative estimate of drug-likeness (QED) is 0.632. The minimum Gasteiger partial charge on any atom is -0.299 e. The molecule has 0 aromatic heterocycles. The number of ketones is 1. The third kappa shape index (κ3) is 2.96. The van der Waals surface area contributed by atoms with Crippen LogP contribution in [0.4, 0.5) is 0 Å². The smallest absolute Gasteiger partial charge is 0.138 e. The zero-order chi connectivity index (χ0) is 9.94. The lowest BCUT2D eigenvalue weighted by Gasteiger charge is -2.28. The predicted molar refractivity (Wildman–Crippen MR) is 53.1 cm³/mol. The molecule has 0 amide bonds. The molecule has 1 heteroatoms. The van der Waals surface area contributed by atoms with Crippen molar-refractivity contribution in [3.63, 3.8) is 0 Å². The van der Waals surface area contributed by atoms with E-state index in [4.69, 9.17) is 0 Å². The molecule has 0 aromatic rings. The largest absolute Gasteiger partial charge is 0.299 e. The van der Waals surface area contributed by atoms with Crippen molar-refractivity contribution in [3.05, 3.63) is 0 Å². The molecular weight excluding hydrogens is 148 g/mol. The van der Waals surface area contributed by atoms with Crippen molar-refractivity contribution in [3.8, 4) is 0 Å². The first-order valence-electron chi connectivity index (χ1n) is 4.81. The fourth-order valence-electron chi connectivity index (χ4n) is 0.956. The molecule has 0 aliphatic heterocycles. The van der Waals surface area contributed by atoms with Gasteiger partial charge in [-0.15, -0.1) is 0 Å². The van der Waals surface area contributed by atoms with Crippen LogP contribution in [0.25, 0.3) is 0 Å². The van der Waals surface area contributed by atoms with Crippen LogP contribution in [-0.2, 0) is 4.79 Å². The number of carbonyl (C=O) groups is 1. The minimum absolute atomic E-state index is 0.149. The summed E-state index contributed by atoms with van der Waals surface area (Å²) in [5.74, 6) is 1.31. The monoisotopic (exact) mass is 170 g/mol. The number of rotatable bonds is 4. The van der Waals surface area contributed by atoms with Crippen LogP contribution in [0.1, 0.15) is 48.0 Å². The average Bonchev–Trinajstić information content (AvgIpc) is 1.85. The van der Waals surface area contributed by atoms with Crippen molar-refractivity contribution in [2.24, 2.45) is 17.3 Å². The van der Waals surface area contributed by atoms with E-state index in [1.54, 1.807) is 0 Å². The fourth-order valence-corrected chi connectivity index (χ4v) is 0.956. The Balaban J connectivity index is 4.26. The summed E-state index contributed by atoms with van der Waals surface area (Å²) >= 11 is 0. The maximum atomic E-state index is 11.7. The van der Waals surface area contributed by atoms with Crippen LogP contribution in [0.15, 0.2) is 0 Å². The molecule has 0 fully saturated rings. The topological polar surface area (TPSA) is 17.1 Å². The van der Waals surface area contributed by atoms with Gasteiger partial charge in [-0.3, -0.25) is 4.79 Å². The number of hydrogen-bond donors (Lipinski definition) is 0. The van der Waals surface area contributed by atoms with Gasteiger partial charge in [-0.1, -0.05) is 41.5 Å². The Kier molecular flexibility index (Phi) is 3.95. The van der Waals surface area contributed by atoms with E-state index in [1.165, 1.54) is 0 Å². The highest BCUT2D eigenvalue weighted by atomic mass is 16.1. The maximum Gasteiger partial charge on any atom is 0.138 e. The number of hydrogen-bond acceptors (Lipinski definition) is 1. The van der Waals surface area contributed by atoms with Gasteiger partial charge in [0, 0.05) is 11.8 Å². The summed E-state index contributed by atoms with van der Waals surface area (Å²) in [5.41, 5.74) is -0.149. The molecule has 1 nitrogen and oxygen atoms in total. The van der Waals surface area contributed by atoms with E-state index < -0.39 is 0 Å². The molecule has 0 spiro atoms. The standard InChI is InChI=1S/C11H22O/c1-8(2)7-10(12)11(5,6)9(3)4/h8-9H,7H2,1-6H3. The molecule has 0 radical (unpaired) electrons. The van der Waals surface area contributed by atoms with Gasteiger partial charge in [0.05, 0.1) is 0 Å². The van der Waals surface area contributed by atoms with Crippen LogP contribution in [0.3, 0.4) is 0 Å². The van der Waals surface area contributed by atoms with Crippen LogP contribution in [0.5, 0.6) is 0 Å². The van der Waals surface area contributed by atoms with Crippen LogP contribution in [0, 0.1) is 17.3 Å². The zero-order valence-corrected chi connectivity index (χ0v) is 9.27. The normalized spacial score (nSPS) is 12.7. The second-order valence-corrected chi connectivity index (χ2v) is 4.90. The molecule has 0 unspecified atom stereocenters. The van der Waals surface area contributed by atoms with Crippen molar-refractivity contribution in [1.29, 1.82) is 0 Å². The molecule has 0 aliphatic carbocycles. The number of Topliss-reactive ketones (excluding diaryl/α,β-unsaturated/α-hetero) is 1.